The standard InChI is InChI=1S/C16H18N3O3P/c1-11-7-5-8-12(2)15(11)21-23(20,19-18-17)22-16-13(3)9-6-10-14(16)4/h5-10H,1-4H3. The molecular formula is C16H18N3O3P. The minimum Gasteiger partial charge on any atom is -0.411 e. The number of azide groups is 1. The second-order valence-electron chi connectivity index (χ2n) is 5.27. The van der Waals surface area contributed by atoms with Gasteiger partial charge >= 0.3 is 7.75 Å². The van der Waals surface area contributed by atoms with Crippen molar-refractivity contribution in [2.24, 2.45) is 4.88 Å². The van der Waals surface area contributed by atoms with Gasteiger partial charge in [0.05, 0.1) is 0 Å². The Morgan fingerprint density at radius 1 is 0.870 bits per heavy atom. The number of rotatable bonds is 5. The first-order valence-electron chi connectivity index (χ1n) is 7.04. The first kappa shape index (κ1) is 16.9. The van der Waals surface area contributed by atoms with E-state index in [9.17, 15) is 4.57 Å². The molecule has 0 aromatic heterocycles. The van der Waals surface area contributed by atoms with Gasteiger partial charge in [-0.3, -0.25) is 0 Å². The van der Waals surface area contributed by atoms with Gasteiger partial charge in [0.2, 0.25) is 0 Å². The number of benzene rings is 2. The molecule has 0 fully saturated rings. The van der Waals surface area contributed by atoms with Crippen LogP contribution in [0.3, 0.4) is 0 Å². The quantitative estimate of drug-likeness (QED) is 0.300. The lowest BCUT2D eigenvalue weighted by atomic mass is 10.1. The summed E-state index contributed by atoms with van der Waals surface area (Å²) in [5.74, 6) is 0.795. The molecule has 0 unspecified atom stereocenters. The van der Waals surface area contributed by atoms with Crippen LogP contribution in [-0.4, -0.2) is 0 Å². The Hall–Kier alpha value is -2.42. The van der Waals surface area contributed by atoms with Gasteiger partial charge in [-0.05, 0) is 55.5 Å². The molecule has 0 N–H and O–H groups in total. The molecule has 0 saturated carbocycles. The average Bonchev–Trinajstić information content (AvgIpc) is 2.48. The minimum atomic E-state index is -4.06. The number of hydrogen-bond acceptors (Lipinski definition) is 3. The Morgan fingerprint density at radius 3 is 1.52 bits per heavy atom. The second kappa shape index (κ2) is 6.78. The van der Waals surface area contributed by atoms with Gasteiger partial charge in [0, 0.05) is 9.80 Å². The maximum Gasteiger partial charge on any atom is 0.525 e. The first-order chi connectivity index (χ1) is 10.9. The third kappa shape index (κ3) is 3.86. The molecular weight excluding hydrogens is 313 g/mol. The molecule has 0 aliphatic heterocycles. The summed E-state index contributed by atoms with van der Waals surface area (Å²) in [6.07, 6.45) is 0. The Kier molecular flexibility index (Phi) is 4.99. The summed E-state index contributed by atoms with van der Waals surface area (Å²) in [4.78, 5) is 5.93. The van der Waals surface area contributed by atoms with Gasteiger partial charge in [-0.1, -0.05) is 36.4 Å². The van der Waals surface area contributed by atoms with E-state index in [4.69, 9.17) is 14.6 Å². The first-order valence-corrected chi connectivity index (χ1v) is 8.54. The zero-order valence-corrected chi connectivity index (χ0v) is 14.4. The topological polar surface area (TPSA) is 84.3 Å². The van der Waals surface area contributed by atoms with Gasteiger partial charge < -0.3 is 9.05 Å². The molecule has 0 bridgehead atoms. The van der Waals surface area contributed by atoms with Crippen molar-refractivity contribution in [1.29, 1.82) is 0 Å². The van der Waals surface area contributed by atoms with Crippen molar-refractivity contribution in [3.63, 3.8) is 0 Å². The molecule has 0 spiro atoms. The highest BCUT2D eigenvalue weighted by Crippen LogP contribution is 2.52. The van der Waals surface area contributed by atoms with E-state index in [1.54, 1.807) is 0 Å². The van der Waals surface area contributed by atoms with Crippen molar-refractivity contribution < 1.29 is 13.6 Å². The zero-order chi connectivity index (χ0) is 17.0. The molecule has 0 radical (unpaired) electrons. The van der Waals surface area contributed by atoms with Crippen molar-refractivity contribution >= 4 is 7.75 Å². The van der Waals surface area contributed by atoms with Crippen LogP contribution in [0.2, 0.25) is 0 Å². The lowest BCUT2D eigenvalue weighted by molar-refractivity contribution is 0.383. The van der Waals surface area contributed by atoms with Gasteiger partial charge in [0.15, 0.2) is 0 Å². The smallest absolute Gasteiger partial charge is 0.411 e. The van der Waals surface area contributed by atoms with Gasteiger partial charge in [0.25, 0.3) is 0 Å². The fourth-order valence-corrected chi connectivity index (χ4v) is 3.47. The van der Waals surface area contributed by atoms with Crippen LogP contribution in [0.25, 0.3) is 10.4 Å². The number of aryl methyl sites for hydroxylation is 4. The summed E-state index contributed by atoms with van der Waals surface area (Å²) in [7, 11) is -4.06. The highest BCUT2D eigenvalue weighted by molar-refractivity contribution is 7.53. The molecule has 6 nitrogen and oxygen atoms in total. The fourth-order valence-electron chi connectivity index (χ4n) is 2.22. The zero-order valence-electron chi connectivity index (χ0n) is 13.5. The molecule has 0 amide bonds. The lowest BCUT2D eigenvalue weighted by Crippen LogP contribution is -2.02. The van der Waals surface area contributed by atoms with E-state index < -0.39 is 7.75 Å². The Balaban J connectivity index is 2.44. The molecule has 0 atom stereocenters. The van der Waals surface area contributed by atoms with Gasteiger partial charge in [-0.15, -0.1) is 0 Å². The average molecular weight is 331 g/mol. The van der Waals surface area contributed by atoms with Crippen molar-refractivity contribution in [2.75, 3.05) is 0 Å². The fraction of sp³-hybridized carbons (Fsp3) is 0.250. The predicted octanol–water partition coefficient (Wildman–Crippen LogP) is 5.80. The van der Waals surface area contributed by atoms with Crippen LogP contribution in [-0.2, 0) is 4.57 Å². The predicted molar refractivity (Wildman–Crippen MR) is 89.8 cm³/mol. The molecule has 2 rings (SSSR count). The number of hydrogen-bond donors (Lipinski definition) is 0. The largest absolute Gasteiger partial charge is 0.525 e. The molecule has 120 valence electrons. The summed E-state index contributed by atoms with van der Waals surface area (Å²) in [6.45, 7) is 7.28. The van der Waals surface area contributed by atoms with Crippen molar-refractivity contribution in [2.45, 2.75) is 27.7 Å². The van der Waals surface area contributed by atoms with E-state index >= 15 is 0 Å². The Morgan fingerprint density at radius 2 is 1.22 bits per heavy atom. The summed E-state index contributed by atoms with van der Waals surface area (Å²) in [5.41, 5.74) is 11.9. The van der Waals surface area contributed by atoms with Crippen LogP contribution >= 0.6 is 7.75 Å². The third-order valence-corrected chi connectivity index (χ3v) is 4.51. The van der Waals surface area contributed by atoms with Crippen LogP contribution in [0.5, 0.6) is 11.5 Å². The normalized spacial score (nSPS) is 10.8. The van der Waals surface area contributed by atoms with Crippen molar-refractivity contribution in [3.05, 3.63) is 69.1 Å². The molecule has 0 saturated heterocycles. The van der Waals surface area contributed by atoms with E-state index in [-0.39, 0.29) is 0 Å². The molecule has 0 aliphatic carbocycles. The van der Waals surface area contributed by atoms with E-state index in [0.29, 0.717) is 11.5 Å². The molecule has 2 aromatic carbocycles. The van der Waals surface area contributed by atoms with Crippen molar-refractivity contribution in [3.8, 4) is 11.5 Å². The van der Waals surface area contributed by atoms with E-state index in [2.05, 4.69) is 9.80 Å². The monoisotopic (exact) mass is 331 g/mol. The third-order valence-electron chi connectivity index (χ3n) is 3.38. The highest BCUT2D eigenvalue weighted by atomic mass is 31.2. The molecule has 7 heteroatoms. The van der Waals surface area contributed by atoms with Crippen LogP contribution in [0.4, 0.5) is 0 Å². The van der Waals surface area contributed by atoms with Crippen LogP contribution < -0.4 is 9.05 Å². The number of para-hydroxylation sites is 2. The molecule has 2 aromatic rings. The minimum absolute atomic E-state index is 0.398. The SMILES string of the molecule is Cc1cccc(C)c1OP(=O)(N=[N+]=[N-])Oc1c(C)cccc1C. The lowest BCUT2D eigenvalue weighted by Gasteiger charge is -2.20. The summed E-state index contributed by atoms with van der Waals surface area (Å²) in [6, 6.07) is 11.0. The summed E-state index contributed by atoms with van der Waals surface area (Å²) >= 11 is 0. The maximum absolute atomic E-state index is 12.9. The number of nitrogens with zero attached hydrogens (tertiary/aromatic N) is 3. The summed E-state index contributed by atoms with van der Waals surface area (Å²) in [5, 5.41) is 0. The Bertz CT molecular complexity index is 731. The second-order valence-corrected chi connectivity index (χ2v) is 6.75. The van der Waals surface area contributed by atoms with E-state index in [1.165, 1.54) is 0 Å². The van der Waals surface area contributed by atoms with Crippen molar-refractivity contribution in [1.82, 2.24) is 0 Å². The molecule has 0 aliphatic rings. The van der Waals surface area contributed by atoms with Crippen LogP contribution in [0.15, 0.2) is 41.3 Å². The molecule has 0 heterocycles. The van der Waals surface area contributed by atoms with E-state index in [1.807, 2.05) is 64.1 Å². The summed E-state index contributed by atoms with van der Waals surface area (Å²) < 4.78 is 24.0. The van der Waals surface area contributed by atoms with E-state index in [0.717, 1.165) is 22.3 Å². The van der Waals surface area contributed by atoms with Crippen LogP contribution in [0.1, 0.15) is 22.3 Å². The van der Waals surface area contributed by atoms with Gasteiger partial charge in [0.1, 0.15) is 11.5 Å². The van der Waals surface area contributed by atoms with Gasteiger partial charge in [-0.25, -0.2) is 4.57 Å². The Labute approximate surface area is 135 Å². The molecule has 23 heavy (non-hydrogen) atoms. The van der Waals surface area contributed by atoms with Gasteiger partial charge in [-0.2, -0.15) is 0 Å². The highest BCUT2D eigenvalue weighted by Gasteiger charge is 2.29. The maximum atomic E-state index is 12.9. The van der Waals surface area contributed by atoms with Crippen LogP contribution in [0, 0.1) is 27.7 Å².